The summed E-state index contributed by atoms with van der Waals surface area (Å²) in [5, 5.41) is 15.8. The number of benzene rings is 1. The first-order valence-corrected chi connectivity index (χ1v) is 4.78. The molecule has 1 unspecified atom stereocenters. The molecule has 2 N–H and O–H groups in total. The van der Waals surface area contributed by atoms with Crippen LogP contribution >= 0.6 is 15.9 Å². The van der Waals surface area contributed by atoms with Crippen molar-refractivity contribution < 1.29 is 4.79 Å². The molecule has 76 valence electrons. The van der Waals surface area contributed by atoms with E-state index in [2.05, 4.69) is 26.2 Å². The van der Waals surface area contributed by atoms with E-state index in [-0.39, 0.29) is 0 Å². The SMILES string of the molecule is N#CC(N=Nc1ccccc1Br)C(N)=O. The number of rotatable bonds is 3. The first-order chi connectivity index (χ1) is 7.15. The average Bonchev–Trinajstić information content (AvgIpc) is 2.21. The van der Waals surface area contributed by atoms with Gasteiger partial charge in [-0.15, -0.1) is 0 Å². The Hall–Kier alpha value is -1.74. The van der Waals surface area contributed by atoms with E-state index < -0.39 is 11.9 Å². The maximum Gasteiger partial charge on any atom is 0.258 e. The third-order valence-electron chi connectivity index (χ3n) is 1.53. The molecule has 1 rings (SSSR count). The third-order valence-corrected chi connectivity index (χ3v) is 2.20. The highest BCUT2D eigenvalue weighted by Crippen LogP contribution is 2.24. The highest BCUT2D eigenvalue weighted by molar-refractivity contribution is 9.10. The van der Waals surface area contributed by atoms with Crippen LogP contribution in [-0.4, -0.2) is 11.9 Å². The molecule has 1 aromatic rings. The Labute approximate surface area is 94.7 Å². The zero-order valence-electron chi connectivity index (χ0n) is 7.59. The van der Waals surface area contributed by atoms with Gasteiger partial charge in [0.05, 0.1) is 5.69 Å². The van der Waals surface area contributed by atoms with Crippen molar-refractivity contribution in [2.75, 3.05) is 0 Å². The number of amides is 1. The van der Waals surface area contributed by atoms with E-state index in [4.69, 9.17) is 11.0 Å². The lowest BCUT2D eigenvalue weighted by molar-refractivity contribution is -0.118. The van der Waals surface area contributed by atoms with Crippen molar-refractivity contribution in [3.63, 3.8) is 0 Å². The summed E-state index contributed by atoms with van der Waals surface area (Å²) in [6.45, 7) is 0. The monoisotopic (exact) mass is 266 g/mol. The minimum absolute atomic E-state index is 0.541. The molecule has 0 bridgehead atoms. The normalized spacial score (nSPS) is 12.3. The van der Waals surface area contributed by atoms with Crippen LogP contribution in [0.1, 0.15) is 0 Å². The number of hydrogen-bond acceptors (Lipinski definition) is 4. The Morgan fingerprint density at radius 2 is 2.20 bits per heavy atom. The van der Waals surface area contributed by atoms with Crippen LogP contribution in [0.2, 0.25) is 0 Å². The molecule has 0 heterocycles. The number of primary amides is 1. The molecule has 6 heteroatoms. The molecule has 0 saturated heterocycles. The van der Waals surface area contributed by atoms with Gasteiger partial charge in [0.25, 0.3) is 5.91 Å². The van der Waals surface area contributed by atoms with Crippen molar-refractivity contribution in [2.45, 2.75) is 6.04 Å². The highest BCUT2D eigenvalue weighted by Gasteiger charge is 2.11. The number of azo groups is 1. The molecule has 1 amide bonds. The van der Waals surface area contributed by atoms with Gasteiger partial charge in [0.2, 0.25) is 6.04 Å². The van der Waals surface area contributed by atoms with Crippen LogP contribution in [-0.2, 0) is 4.79 Å². The topological polar surface area (TPSA) is 91.6 Å². The predicted octanol–water partition coefficient (Wildman–Crippen LogP) is 1.91. The largest absolute Gasteiger partial charge is 0.367 e. The number of hydrogen-bond donors (Lipinski definition) is 1. The Morgan fingerprint density at radius 3 is 2.73 bits per heavy atom. The molecule has 0 radical (unpaired) electrons. The molecule has 5 nitrogen and oxygen atoms in total. The molecular formula is C9H7BrN4O. The van der Waals surface area contributed by atoms with Crippen LogP contribution in [0.5, 0.6) is 0 Å². The van der Waals surface area contributed by atoms with Crippen LogP contribution in [0, 0.1) is 11.3 Å². The fourth-order valence-electron chi connectivity index (χ4n) is 0.799. The van der Waals surface area contributed by atoms with E-state index in [0.717, 1.165) is 4.47 Å². The summed E-state index contributed by atoms with van der Waals surface area (Å²) in [4.78, 5) is 10.7. The first kappa shape index (κ1) is 11.3. The second kappa shape index (κ2) is 5.22. The molecule has 1 aromatic carbocycles. The standard InChI is InChI=1S/C9H7BrN4O/c10-6-3-1-2-4-7(6)13-14-8(5-11)9(12)15/h1-4,8H,(H2,12,15). The summed E-state index contributed by atoms with van der Waals surface area (Å²) in [5.41, 5.74) is 5.46. The van der Waals surface area contributed by atoms with Gasteiger partial charge >= 0.3 is 0 Å². The van der Waals surface area contributed by atoms with Crippen LogP contribution < -0.4 is 5.73 Å². The maximum absolute atomic E-state index is 10.7. The van der Waals surface area contributed by atoms with Crippen LogP contribution in [0.4, 0.5) is 5.69 Å². The Bertz CT molecular complexity index is 438. The van der Waals surface area contributed by atoms with Gasteiger partial charge in [-0.05, 0) is 28.1 Å². The van der Waals surface area contributed by atoms with Crippen molar-refractivity contribution in [3.05, 3.63) is 28.7 Å². The molecule has 0 fully saturated rings. The number of nitrogens with zero attached hydrogens (tertiary/aromatic N) is 3. The van der Waals surface area contributed by atoms with Crippen molar-refractivity contribution >= 4 is 27.5 Å². The van der Waals surface area contributed by atoms with Gasteiger partial charge in [0.1, 0.15) is 6.07 Å². The quantitative estimate of drug-likeness (QED) is 0.847. The average molecular weight is 267 g/mol. The molecule has 1 atom stereocenters. The summed E-state index contributed by atoms with van der Waals surface area (Å²) in [6, 6.07) is 7.46. The highest BCUT2D eigenvalue weighted by atomic mass is 79.9. The van der Waals surface area contributed by atoms with Crippen LogP contribution in [0.15, 0.2) is 39.0 Å². The Morgan fingerprint density at radius 1 is 1.53 bits per heavy atom. The fourth-order valence-corrected chi connectivity index (χ4v) is 1.16. The second-order valence-corrected chi connectivity index (χ2v) is 3.46. The number of halogens is 1. The number of nitrogens with two attached hydrogens (primary N) is 1. The predicted molar refractivity (Wildman–Crippen MR) is 57.3 cm³/mol. The lowest BCUT2D eigenvalue weighted by Gasteiger charge is -1.97. The zero-order valence-corrected chi connectivity index (χ0v) is 9.18. The second-order valence-electron chi connectivity index (χ2n) is 2.60. The molecular weight excluding hydrogens is 260 g/mol. The zero-order chi connectivity index (χ0) is 11.3. The first-order valence-electron chi connectivity index (χ1n) is 3.99. The van der Waals surface area contributed by atoms with Crippen molar-refractivity contribution in [1.29, 1.82) is 5.26 Å². The molecule has 0 aliphatic heterocycles. The summed E-state index contributed by atoms with van der Waals surface area (Å²) < 4.78 is 0.731. The fraction of sp³-hybridized carbons (Fsp3) is 0.111. The van der Waals surface area contributed by atoms with Crippen molar-refractivity contribution in [1.82, 2.24) is 0 Å². The molecule has 0 spiro atoms. The molecule has 0 aromatic heterocycles. The number of carbonyl (C=O) groups excluding carboxylic acids is 1. The van der Waals surface area contributed by atoms with Gasteiger partial charge in [-0.3, -0.25) is 4.79 Å². The Kier molecular flexibility index (Phi) is 3.94. The van der Waals surface area contributed by atoms with Crippen molar-refractivity contribution in [2.24, 2.45) is 16.0 Å². The summed E-state index contributed by atoms with van der Waals surface area (Å²) in [5.74, 6) is -0.812. The lowest BCUT2D eigenvalue weighted by atomic mass is 10.3. The van der Waals surface area contributed by atoms with Gasteiger partial charge in [0.15, 0.2) is 0 Å². The van der Waals surface area contributed by atoms with Crippen LogP contribution in [0.3, 0.4) is 0 Å². The van der Waals surface area contributed by atoms with E-state index in [1.165, 1.54) is 0 Å². The molecule has 0 saturated carbocycles. The minimum atomic E-state index is -1.24. The summed E-state index contributed by atoms with van der Waals surface area (Å²) in [6.07, 6.45) is 0. The maximum atomic E-state index is 10.7. The van der Waals surface area contributed by atoms with E-state index in [0.29, 0.717) is 5.69 Å². The van der Waals surface area contributed by atoms with Gasteiger partial charge in [-0.25, -0.2) is 0 Å². The van der Waals surface area contributed by atoms with Gasteiger partial charge < -0.3 is 5.73 Å². The van der Waals surface area contributed by atoms with E-state index in [1.807, 2.05) is 6.07 Å². The number of nitriles is 1. The Balaban J connectivity index is 2.87. The van der Waals surface area contributed by atoms with Gasteiger partial charge in [0, 0.05) is 4.47 Å². The van der Waals surface area contributed by atoms with Crippen molar-refractivity contribution in [3.8, 4) is 6.07 Å². The number of carbonyl (C=O) groups is 1. The molecule has 15 heavy (non-hydrogen) atoms. The molecule has 0 aliphatic rings. The molecule has 0 aliphatic carbocycles. The minimum Gasteiger partial charge on any atom is -0.367 e. The van der Waals surface area contributed by atoms with Gasteiger partial charge in [-0.1, -0.05) is 12.1 Å². The van der Waals surface area contributed by atoms with Crippen LogP contribution in [0.25, 0.3) is 0 Å². The van der Waals surface area contributed by atoms with E-state index in [1.54, 1.807) is 24.3 Å². The third kappa shape index (κ3) is 3.14. The smallest absolute Gasteiger partial charge is 0.258 e. The van der Waals surface area contributed by atoms with E-state index >= 15 is 0 Å². The summed E-state index contributed by atoms with van der Waals surface area (Å²) >= 11 is 3.25. The lowest BCUT2D eigenvalue weighted by Crippen LogP contribution is -2.24. The summed E-state index contributed by atoms with van der Waals surface area (Å²) in [7, 11) is 0. The van der Waals surface area contributed by atoms with Gasteiger partial charge in [-0.2, -0.15) is 15.5 Å². The van der Waals surface area contributed by atoms with E-state index in [9.17, 15) is 4.79 Å².